The maximum atomic E-state index is 6.03. The van der Waals surface area contributed by atoms with E-state index in [4.69, 9.17) is 15.2 Å². The molecule has 0 aromatic heterocycles. The van der Waals surface area contributed by atoms with Gasteiger partial charge in [-0.05, 0) is 53.9 Å². The Kier molecular flexibility index (Phi) is 7.16. The van der Waals surface area contributed by atoms with Gasteiger partial charge in [0.25, 0.3) is 0 Å². The molecule has 0 atom stereocenters. The van der Waals surface area contributed by atoms with Crippen molar-refractivity contribution in [2.24, 2.45) is 10.7 Å². The van der Waals surface area contributed by atoms with Crippen molar-refractivity contribution in [3.63, 3.8) is 0 Å². The monoisotopic (exact) mass is 322 g/mol. The van der Waals surface area contributed by atoms with Crippen molar-refractivity contribution < 1.29 is 9.47 Å². The number of guanidine groups is 1. The van der Waals surface area contributed by atoms with Crippen LogP contribution in [0.5, 0.6) is 11.5 Å². The topological polar surface area (TPSA) is 72.1 Å². The van der Waals surface area contributed by atoms with Crippen LogP contribution >= 0.6 is 0 Å². The van der Waals surface area contributed by atoms with E-state index in [9.17, 15) is 0 Å². The Morgan fingerprint density at radius 3 is 2.43 bits per heavy atom. The first kappa shape index (κ1) is 19.1. The van der Waals surface area contributed by atoms with E-state index in [1.165, 1.54) is 0 Å². The summed E-state index contributed by atoms with van der Waals surface area (Å²) in [6.45, 7) is 9.89. The predicted molar refractivity (Wildman–Crippen MR) is 96.7 cm³/mol. The number of nitrogens with zero attached hydrogens (tertiary/aromatic N) is 2. The highest BCUT2D eigenvalue weighted by molar-refractivity contribution is 5.94. The van der Waals surface area contributed by atoms with Gasteiger partial charge < -0.3 is 25.4 Å². The first-order chi connectivity index (χ1) is 10.8. The molecule has 130 valence electrons. The van der Waals surface area contributed by atoms with Gasteiger partial charge >= 0.3 is 0 Å². The molecular weight excluding hydrogens is 292 g/mol. The molecule has 1 aromatic rings. The van der Waals surface area contributed by atoms with Gasteiger partial charge in [0.1, 0.15) is 11.5 Å². The molecule has 0 fully saturated rings. The van der Waals surface area contributed by atoms with Gasteiger partial charge in [0.2, 0.25) is 0 Å². The first-order valence-electron chi connectivity index (χ1n) is 7.94. The van der Waals surface area contributed by atoms with Crippen molar-refractivity contribution in [2.75, 3.05) is 39.2 Å². The molecule has 23 heavy (non-hydrogen) atoms. The van der Waals surface area contributed by atoms with Crippen molar-refractivity contribution in [1.82, 2.24) is 4.90 Å². The minimum Gasteiger partial charge on any atom is -0.494 e. The van der Waals surface area contributed by atoms with Crippen LogP contribution in [0.25, 0.3) is 0 Å². The Hall–Kier alpha value is -1.95. The lowest BCUT2D eigenvalue weighted by Crippen LogP contribution is -2.41. The third-order valence-electron chi connectivity index (χ3n) is 3.67. The summed E-state index contributed by atoms with van der Waals surface area (Å²) >= 11 is 0. The first-order valence-corrected chi connectivity index (χ1v) is 7.94. The van der Waals surface area contributed by atoms with Gasteiger partial charge in [-0.1, -0.05) is 0 Å². The van der Waals surface area contributed by atoms with Gasteiger partial charge in [0, 0.05) is 11.6 Å². The van der Waals surface area contributed by atoms with E-state index in [1.54, 1.807) is 0 Å². The molecule has 0 heterocycles. The van der Waals surface area contributed by atoms with Crippen molar-refractivity contribution in [3.8, 4) is 11.5 Å². The van der Waals surface area contributed by atoms with E-state index < -0.39 is 0 Å². The van der Waals surface area contributed by atoms with Gasteiger partial charge in [0.05, 0.1) is 25.4 Å². The van der Waals surface area contributed by atoms with Crippen LogP contribution in [0.1, 0.15) is 27.7 Å². The average molecular weight is 322 g/mol. The molecule has 0 bridgehead atoms. The lowest BCUT2D eigenvalue weighted by atomic mass is 10.1. The molecule has 3 N–H and O–H groups in total. The smallest absolute Gasteiger partial charge is 0.193 e. The number of likely N-dealkylation sites (N-methyl/N-ethyl adjacent to an activating group) is 1. The quantitative estimate of drug-likeness (QED) is 0.568. The summed E-state index contributed by atoms with van der Waals surface area (Å²) in [5.74, 6) is 1.84. The summed E-state index contributed by atoms with van der Waals surface area (Å²) in [7, 11) is 4.05. The fraction of sp³-hybridized carbons (Fsp3) is 0.588. The summed E-state index contributed by atoms with van der Waals surface area (Å²) in [4.78, 5) is 6.55. The largest absolute Gasteiger partial charge is 0.494 e. The maximum absolute atomic E-state index is 6.03. The van der Waals surface area contributed by atoms with E-state index in [-0.39, 0.29) is 5.54 Å². The third-order valence-corrected chi connectivity index (χ3v) is 3.67. The average Bonchev–Trinajstić information content (AvgIpc) is 2.48. The number of hydrogen-bond acceptors (Lipinski definition) is 4. The molecule has 0 aliphatic rings. The fourth-order valence-electron chi connectivity index (χ4n) is 1.74. The SMILES string of the molecule is CCOc1ccc(OCC)c(NC(N)=NCC(C)(C)N(C)C)c1. The third kappa shape index (κ3) is 5.98. The maximum Gasteiger partial charge on any atom is 0.193 e. The normalized spacial score (nSPS) is 12.4. The van der Waals surface area contributed by atoms with Crippen molar-refractivity contribution >= 4 is 11.6 Å². The number of nitrogens with one attached hydrogen (secondary N) is 1. The number of aliphatic imine (C=N–C) groups is 1. The number of benzene rings is 1. The standard InChI is InChI=1S/C17H30N4O2/c1-7-22-13-9-10-15(23-8-2)14(11-13)20-16(18)19-12-17(3,4)21(5)6/h9-11H,7-8,12H2,1-6H3,(H3,18,19,20). The van der Waals surface area contributed by atoms with Crippen LogP contribution in [0.15, 0.2) is 23.2 Å². The Morgan fingerprint density at radius 1 is 1.22 bits per heavy atom. The molecule has 0 unspecified atom stereocenters. The van der Waals surface area contributed by atoms with Crippen LogP contribution in [0, 0.1) is 0 Å². The molecule has 0 aliphatic heterocycles. The van der Waals surface area contributed by atoms with Crippen LogP contribution in [0.4, 0.5) is 5.69 Å². The Bertz CT molecular complexity index is 527. The van der Waals surface area contributed by atoms with Crippen LogP contribution in [-0.4, -0.2) is 50.3 Å². The van der Waals surface area contributed by atoms with Gasteiger partial charge in [-0.3, -0.25) is 4.99 Å². The minimum absolute atomic E-state index is 0.0672. The number of rotatable bonds is 8. The second kappa shape index (κ2) is 8.62. The highest BCUT2D eigenvalue weighted by Gasteiger charge is 2.19. The molecule has 0 spiro atoms. The molecule has 6 heteroatoms. The minimum atomic E-state index is -0.0672. The molecule has 1 aromatic carbocycles. The molecular formula is C17H30N4O2. The lowest BCUT2D eigenvalue weighted by Gasteiger charge is -2.30. The van der Waals surface area contributed by atoms with E-state index in [0.717, 1.165) is 17.2 Å². The van der Waals surface area contributed by atoms with E-state index in [1.807, 2.05) is 46.1 Å². The Morgan fingerprint density at radius 2 is 1.87 bits per heavy atom. The summed E-state index contributed by atoms with van der Waals surface area (Å²) < 4.78 is 11.1. The van der Waals surface area contributed by atoms with Crippen LogP contribution in [0.2, 0.25) is 0 Å². The second-order valence-corrected chi connectivity index (χ2v) is 6.06. The van der Waals surface area contributed by atoms with Crippen LogP contribution in [-0.2, 0) is 0 Å². The number of anilines is 1. The molecule has 6 nitrogen and oxygen atoms in total. The molecule has 0 aliphatic carbocycles. The number of hydrogen-bond donors (Lipinski definition) is 2. The Labute approximate surface area is 139 Å². The van der Waals surface area contributed by atoms with Crippen LogP contribution < -0.4 is 20.5 Å². The lowest BCUT2D eigenvalue weighted by molar-refractivity contribution is 0.205. The zero-order valence-corrected chi connectivity index (χ0v) is 15.1. The van der Waals surface area contributed by atoms with Crippen molar-refractivity contribution in [2.45, 2.75) is 33.2 Å². The highest BCUT2D eigenvalue weighted by atomic mass is 16.5. The summed E-state index contributed by atoms with van der Waals surface area (Å²) in [5, 5.41) is 3.11. The van der Waals surface area contributed by atoms with Gasteiger partial charge in [0.15, 0.2) is 5.96 Å². The zero-order chi connectivity index (χ0) is 17.5. The van der Waals surface area contributed by atoms with E-state index in [0.29, 0.717) is 25.7 Å². The molecule has 1 rings (SSSR count). The molecule has 0 saturated heterocycles. The van der Waals surface area contributed by atoms with Crippen molar-refractivity contribution in [1.29, 1.82) is 0 Å². The molecule has 0 saturated carbocycles. The van der Waals surface area contributed by atoms with E-state index in [2.05, 4.69) is 29.1 Å². The summed E-state index contributed by atoms with van der Waals surface area (Å²) in [6.07, 6.45) is 0. The predicted octanol–water partition coefficient (Wildman–Crippen LogP) is 2.55. The summed E-state index contributed by atoms with van der Waals surface area (Å²) in [5.41, 5.74) is 6.71. The van der Waals surface area contributed by atoms with Gasteiger partial charge in [-0.25, -0.2) is 0 Å². The molecule has 0 radical (unpaired) electrons. The van der Waals surface area contributed by atoms with Gasteiger partial charge in [-0.15, -0.1) is 0 Å². The highest BCUT2D eigenvalue weighted by Crippen LogP contribution is 2.29. The molecule has 0 amide bonds. The fourth-order valence-corrected chi connectivity index (χ4v) is 1.74. The number of ether oxygens (including phenoxy) is 2. The van der Waals surface area contributed by atoms with Crippen molar-refractivity contribution in [3.05, 3.63) is 18.2 Å². The van der Waals surface area contributed by atoms with E-state index >= 15 is 0 Å². The number of nitrogens with two attached hydrogens (primary N) is 1. The van der Waals surface area contributed by atoms with Crippen LogP contribution in [0.3, 0.4) is 0 Å². The second-order valence-electron chi connectivity index (χ2n) is 6.06. The van der Waals surface area contributed by atoms with Gasteiger partial charge in [-0.2, -0.15) is 0 Å². The Balaban J connectivity index is 2.90. The summed E-state index contributed by atoms with van der Waals surface area (Å²) in [6, 6.07) is 5.62. The zero-order valence-electron chi connectivity index (χ0n) is 15.1.